The molecule has 1 saturated heterocycles. The van der Waals surface area contributed by atoms with Gasteiger partial charge in [-0.15, -0.1) is 0 Å². The van der Waals surface area contributed by atoms with E-state index in [1.165, 1.54) is 57.8 Å². The molecular formula is C25H41NO3. The number of nitrogens with zero attached hydrogens (tertiary/aromatic N) is 1. The predicted molar refractivity (Wildman–Crippen MR) is 119 cm³/mol. The van der Waals surface area contributed by atoms with E-state index in [2.05, 4.69) is 6.92 Å². The Morgan fingerprint density at radius 2 is 1.72 bits per heavy atom. The lowest BCUT2D eigenvalue weighted by Crippen LogP contribution is -2.40. The Balaban J connectivity index is 1.66. The topological polar surface area (TPSA) is 49.8 Å². The van der Waals surface area contributed by atoms with Crippen LogP contribution >= 0.6 is 0 Å². The summed E-state index contributed by atoms with van der Waals surface area (Å²) in [5.74, 6) is 0.955. The van der Waals surface area contributed by atoms with Gasteiger partial charge < -0.3 is 14.7 Å². The van der Waals surface area contributed by atoms with Gasteiger partial charge in [-0.1, -0.05) is 83.3 Å². The monoisotopic (exact) mass is 403 g/mol. The number of hydrogen-bond acceptors (Lipinski definition) is 3. The molecule has 0 saturated carbocycles. The molecule has 29 heavy (non-hydrogen) atoms. The molecule has 0 radical (unpaired) electrons. The molecule has 0 unspecified atom stereocenters. The van der Waals surface area contributed by atoms with E-state index in [0.717, 1.165) is 30.6 Å². The third-order valence-corrected chi connectivity index (χ3v) is 6.16. The Kier molecular flexibility index (Phi) is 11.2. The molecule has 1 N–H and O–H groups in total. The van der Waals surface area contributed by atoms with Crippen molar-refractivity contribution in [2.24, 2.45) is 0 Å². The molecule has 4 nitrogen and oxygen atoms in total. The van der Waals surface area contributed by atoms with Crippen molar-refractivity contribution in [1.82, 2.24) is 4.90 Å². The van der Waals surface area contributed by atoms with E-state index < -0.39 is 6.10 Å². The quantitative estimate of drug-likeness (QED) is 0.373. The van der Waals surface area contributed by atoms with E-state index in [1.807, 2.05) is 29.2 Å². The second-order valence-electron chi connectivity index (χ2n) is 8.52. The lowest BCUT2D eigenvalue weighted by molar-refractivity contribution is -0.131. The van der Waals surface area contributed by atoms with Gasteiger partial charge >= 0.3 is 0 Å². The third-order valence-electron chi connectivity index (χ3n) is 6.16. The van der Waals surface area contributed by atoms with Crippen LogP contribution in [0.4, 0.5) is 0 Å². The number of carbonyl (C=O) groups excluding carboxylic acids is 1. The molecule has 1 fully saturated rings. The number of aliphatic hydroxyl groups excluding tert-OH is 1. The van der Waals surface area contributed by atoms with Crippen LogP contribution in [-0.4, -0.2) is 35.2 Å². The van der Waals surface area contributed by atoms with Gasteiger partial charge in [0.25, 0.3) is 0 Å². The molecule has 1 aromatic rings. The van der Waals surface area contributed by atoms with Gasteiger partial charge in [-0.2, -0.15) is 0 Å². The minimum absolute atomic E-state index is 0.0488. The highest BCUT2D eigenvalue weighted by molar-refractivity contribution is 5.78. The predicted octanol–water partition coefficient (Wildman–Crippen LogP) is 5.86. The molecule has 0 aliphatic carbocycles. The van der Waals surface area contributed by atoms with Gasteiger partial charge in [0.05, 0.1) is 19.3 Å². The Bertz CT molecular complexity index is 589. The van der Waals surface area contributed by atoms with E-state index in [-0.39, 0.29) is 11.9 Å². The van der Waals surface area contributed by atoms with Gasteiger partial charge in [0.15, 0.2) is 0 Å². The average molecular weight is 404 g/mol. The molecular weight excluding hydrogens is 362 g/mol. The van der Waals surface area contributed by atoms with Crippen LogP contribution in [0.3, 0.4) is 0 Å². The number of benzene rings is 1. The molecule has 2 atom stereocenters. The number of carbonyl (C=O) groups is 1. The summed E-state index contributed by atoms with van der Waals surface area (Å²) in [7, 11) is 1.65. The normalized spacial score (nSPS) is 17.7. The zero-order chi connectivity index (χ0) is 20.9. The summed E-state index contributed by atoms with van der Waals surface area (Å²) in [4.78, 5) is 14.2. The Labute approximate surface area is 177 Å². The standard InChI is InChI=1S/C25H41NO3/c1-3-4-5-6-7-8-9-10-11-12-16-24(27)23-17-18-25(28)26(23)20-21-14-13-15-22(19-21)29-2/h13-15,19,23-24,27H,3-12,16-18,20H2,1-2H3/t23-,24-/m1/s1. The van der Waals surface area contributed by atoms with E-state index in [4.69, 9.17) is 4.74 Å². The first-order valence-corrected chi connectivity index (χ1v) is 11.8. The first-order chi connectivity index (χ1) is 14.2. The Morgan fingerprint density at radius 3 is 2.38 bits per heavy atom. The number of aliphatic hydroxyl groups is 1. The fourth-order valence-electron chi connectivity index (χ4n) is 4.36. The molecule has 0 aromatic heterocycles. The molecule has 2 rings (SSSR count). The summed E-state index contributed by atoms with van der Waals surface area (Å²) in [5.41, 5.74) is 1.05. The number of ether oxygens (including phenoxy) is 1. The van der Waals surface area contributed by atoms with Crippen LogP contribution in [0.25, 0.3) is 0 Å². The second kappa shape index (κ2) is 13.6. The maximum absolute atomic E-state index is 12.4. The zero-order valence-electron chi connectivity index (χ0n) is 18.6. The zero-order valence-corrected chi connectivity index (χ0v) is 18.6. The van der Waals surface area contributed by atoms with Crippen molar-refractivity contribution >= 4 is 5.91 Å². The minimum atomic E-state index is -0.416. The lowest BCUT2D eigenvalue weighted by atomic mass is 10.00. The van der Waals surface area contributed by atoms with Crippen molar-refractivity contribution in [2.75, 3.05) is 7.11 Å². The number of likely N-dealkylation sites (tertiary alicyclic amines) is 1. The second-order valence-corrected chi connectivity index (χ2v) is 8.52. The maximum Gasteiger partial charge on any atom is 0.223 e. The fourth-order valence-corrected chi connectivity index (χ4v) is 4.36. The first-order valence-electron chi connectivity index (χ1n) is 11.8. The number of unbranched alkanes of at least 4 members (excludes halogenated alkanes) is 9. The van der Waals surface area contributed by atoms with Crippen LogP contribution < -0.4 is 4.74 Å². The van der Waals surface area contributed by atoms with Crippen molar-refractivity contribution < 1.29 is 14.6 Å². The summed E-state index contributed by atoms with van der Waals surface area (Å²) < 4.78 is 5.29. The lowest BCUT2D eigenvalue weighted by Gasteiger charge is -2.29. The highest BCUT2D eigenvalue weighted by Crippen LogP contribution is 2.27. The number of hydrogen-bond donors (Lipinski definition) is 1. The molecule has 1 aliphatic rings. The van der Waals surface area contributed by atoms with Gasteiger partial charge in [-0.25, -0.2) is 0 Å². The van der Waals surface area contributed by atoms with Crippen LogP contribution in [0, 0.1) is 0 Å². The molecule has 4 heteroatoms. The maximum atomic E-state index is 12.4. The molecule has 1 aromatic carbocycles. The van der Waals surface area contributed by atoms with Crippen molar-refractivity contribution in [1.29, 1.82) is 0 Å². The van der Waals surface area contributed by atoms with E-state index in [9.17, 15) is 9.90 Å². The highest BCUT2D eigenvalue weighted by atomic mass is 16.5. The summed E-state index contributed by atoms with van der Waals surface area (Å²) >= 11 is 0. The Hall–Kier alpha value is -1.55. The summed E-state index contributed by atoms with van der Waals surface area (Å²) in [6.45, 7) is 2.81. The number of methoxy groups -OCH3 is 1. The first kappa shape index (κ1) is 23.7. The smallest absolute Gasteiger partial charge is 0.223 e. The SMILES string of the molecule is CCCCCCCCCCCC[C@@H](O)[C@H]1CCC(=O)N1Cc1cccc(OC)c1. The molecule has 1 amide bonds. The minimum Gasteiger partial charge on any atom is -0.497 e. The van der Waals surface area contributed by atoms with Crippen LogP contribution in [0.1, 0.15) is 96.0 Å². The summed E-state index contributed by atoms with van der Waals surface area (Å²) in [6, 6.07) is 7.79. The largest absolute Gasteiger partial charge is 0.497 e. The van der Waals surface area contributed by atoms with Crippen molar-refractivity contribution in [3.63, 3.8) is 0 Å². The molecule has 0 bridgehead atoms. The molecule has 164 valence electrons. The third kappa shape index (κ3) is 8.38. The summed E-state index contributed by atoms with van der Waals surface area (Å²) in [6.07, 6.45) is 14.7. The van der Waals surface area contributed by atoms with E-state index >= 15 is 0 Å². The highest BCUT2D eigenvalue weighted by Gasteiger charge is 2.35. The van der Waals surface area contributed by atoms with Crippen LogP contribution in [-0.2, 0) is 11.3 Å². The fraction of sp³-hybridized carbons (Fsp3) is 0.720. The van der Waals surface area contributed by atoms with Gasteiger partial charge in [0.2, 0.25) is 5.91 Å². The van der Waals surface area contributed by atoms with Crippen LogP contribution in [0.5, 0.6) is 5.75 Å². The van der Waals surface area contributed by atoms with E-state index in [1.54, 1.807) is 7.11 Å². The van der Waals surface area contributed by atoms with Gasteiger partial charge in [0.1, 0.15) is 5.75 Å². The van der Waals surface area contributed by atoms with Crippen molar-refractivity contribution in [2.45, 2.75) is 109 Å². The van der Waals surface area contributed by atoms with Gasteiger partial charge in [0, 0.05) is 13.0 Å². The van der Waals surface area contributed by atoms with Gasteiger partial charge in [-0.3, -0.25) is 4.79 Å². The number of rotatable bonds is 15. The van der Waals surface area contributed by atoms with Crippen LogP contribution in [0.15, 0.2) is 24.3 Å². The Morgan fingerprint density at radius 1 is 1.07 bits per heavy atom. The van der Waals surface area contributed by atoms with E-state index in [0.29, 0.717) is 13.0 Å². The average Bonchev–Trinajstić information content (AvgIpc) is 3.09. The molecule has 0 spiro atoms. The molecule has 1 aliphatic heterocycles. The van der Waals surface area contributed by atoms with Crippen LogP contribution in [0.2, 0.25) is 0 Å². The number of amides is 1. The van der Waals surface area contributed by atoms with Crippen molar-refractivity contribution in [3.8, 4) is 5.75 Å². The van der Waals surface area contributed by atoms with Gasteiger partial charge in [-0.05, 0) is 30.5 Å². The summed E-state index contributed by atoms with van der Waals surface area (Å²) in [5, 5.41) is 10.7. The van der Waals surface area contributed by atoms with Crippen molar-refractivity contribution in [3.05, 3.63) is 29.8 Å². The molecule has 1 heterocycles.